The number of aromatic nitrogens is 6. The fourth-order valence-corrected chi connectivity index (χ4v) is 2.50. The first-order chi connectivity index (χ1) is 11.5. The second-order valence-corrected chi connectivity index (χ2v) is 5.68. The summed E-state index contributed by atoms with van der Waals surface area (Å²) in [6.07, 6.45) is 0. The number of aryl methyl sites for hydroxylation is 4. The van der Waals surface area contributed by atoms with Crippen LogP contribution in [0.2, 0.25) is 0 Å². The van der Waals surface area contributed by atoms with Gasteiger partial charge in [-0.1, -0.05) is 0 Å². The molecule has 0 saturated heterocycles. The maximum absolute atomic E-state index is 5.65. The predicted octanol–water partition coefficient (Wildman–Crippen LogP) is 1.84. The predicted molar refractivity (Wildman–Crippen MR) is 86.8 cm³/mol. The Balaban J connectivity index is 1.55. The van der Waals surface area contributed by atoms with Crippen molar-refractivity contribution < 1.29 is 9.37 Å². The first-order valence-corrected chi connectivity index (χ1v) is 7.74. The lowest BCUT2D eigenvalue weighted by Crippen LogP contribution is -2.14. The van der Waals surface area contributed by atoms with Crippen molar-refractivity contribution in [2.75, 3.05) is 11.9 Å². The molecule has 1 N–H and O–H groups in total. The Hall–Kier alpha value is -2.84. The van der Waals surface area contributed by atoms with Crippen LogP contribution in [0, 0.1) is 27.7 Å². The zero-order chi connectivity index (χ0) is 17.1. The summed E-state index contributed by atoms with van der Waals surface area (Å²) in [6, 6.07) is 4.04. The lowest BCUT2D eigenvalue weighted by Gasteiger charge is -2.08. The van der Waals surface area contributed by atoms with Gasteiger partial charge in [0.25, 0.3) is 0 Å². The fourth-order valence-electron chi connectivity index (χ4n) is 2.50. The number of anilines is 1. The maximum Gasteiger partial charge on any atom is 0.300 e. The molecule has 0 amide bonds. The van der Waals surface area contributed by atoms with Crippen LogP contribution in [0.1, 0.15) is 22.8 Å². The lowest BCUT2D eigenvalue weighted by molar-refractivity contribution is 0.244. The molecule has 0 atom stereocenters. The minimum absolute atomic E-state index is 0.332. The standard InChI is InChI=1S/C15H21N7O2/c1-10-7-12(3)21(17-10)5-6-23-15-14(19-24-20-15)16-9-22-13(4)8-11(2)18-22/h7-8H,5-6,9H2,1-4H3,(H,16,19). The molecule has 9 heteroatoms. The van der Waals surface area contributed by atoms with Gasteiger partial charge in [0, 0.05) is 11.4 Å². The molecule has 0 bridgehead atoms. The molecule has 0 fully saturated rings. The highest BCUT2D eigenvalue weighted by molar-refractivity contribution is 5.42. The quantitative estimate of drug-likeness (QED) is 0.705. The van der Waals surface area contributed by atoms with Gasteiger partial charge in [-0.25, -0.2) is 4.63 Å². The number of ether oxygens (including phenoxy) is 1. The van der Waals surface area contributed by atoms with E-state index < -0.39 is 0 Å². The normalized spacial score (nSPS) is 11.0. The van der Waals surface area contributed by atoms with Crippen molar-refractivity contribution in [1.29, 1.82) is 0 Å². The molecule has 3 rings (SSSR count). The first kappa shape index (κ1) is 16.0. The van der Waals surface area contributed by atoms with Gasteiger partial charge < -0.3 is 10.1 Å². The van der Waals surface area contributed by atoms with Crippen LogP contribution in [0.3, 0.4) is 0 Å². The highest BCUT2D eigenvalue weighted by Crippen LogP contribution is 2.19. The molecule has 0 radical (unpaired) electrons. The second-order valence-electron chi connectivity index (χ2n) is 5.68. The zero-order valence-corrected chi connectivity index (χ0v) is 14.3. The number of hydrogen-bond acceptors (Lipinski definition) is 7. The van der Waals surface area contributed by atoms with Crippen LogP contribution in [-0.4, -0.2) is 36.5 Å². The Kier molecular flexibility index (Phi) is 4.50. The zero-order valence-electron chi connectivity index (χ0n) is 14.3. The summed E-state index contributed by atoms with van der Waals surface area (Å²) in [6.45, 7) is 9.44. The Labute approximate surface area is 139 Å². The Morgan fingerprint density at radius 1 is 1.00 bits per heavy atom. The van der Waals surface area contributed by atoms with Crippen LogP contribution in [-0.2, 0) is 13.2 Å². The molecule has 0 aliphatic carbocycles. The minimum atomic E-state index is 0.332. The SMILES string of the molecule is Cc1cc(C)n(CCOc2nonc2NCn2nc(C)cc2C)n1. The van der Waals surface area contributed by atoms with Crippen LogP contribution in [0.25, 0.3) is 0 Å². The molecule has 0 aliphatic heterocycles. The summed E-state index contributed by atoms with van der Waals surface area (Å²) in [7, 11) is 0. The van der Waals surface area contributed by atoms with E-state index in [1.54, 1.807) is 0 Å². The van der Waals surface area contributed by atoms with E-state index in [0.717, 1.165) is 22.8 Å². The van der Waals surface area contributed by atoms with Gasteiger partial charge in [0.15, 0.2) is 0 Å². The van der Waals surface area contributed by atoms with Crippen molar-refractivity contribution in [3.8, 4) is 5.88 Å². The summed E-state index contributed by atoms with van der Waals surface area (Å²) >= 11 is 0. The van der Waals surface area contributed by atoms with Gasteiger partial charge in [0.2, 0.25) is 5.82 Å². The molecule has 128 valence electrons. The van der Waals surface area contributed by atoms with E-state index in [9.17, 15) is 0 Å². The summed E-state index contributed by atoms with van der Waals surface area (Å²) in [5.74, 6) is 0.786. The van der Waals surface area contributed by atoms with E-state index in [2.05, 4.69) is 25.8 Å². The van der Waals surface area contributed by atoms with Crippen LogP contribution < -0.4 is 10.1 Å². The van der Waals surface area contributed by atoms with Crippen LogP contribution in [0.4, 0.5) is 5.82 Å². The van der Waals surface area contributed by atoms with Gasteiger partial charge in [-0.2, -0.15) is 10.2 Å². The smallest absolute Gasteiger partial charge is 0.300 e. The highest BCUT2D eigenvalue weighted by Gasteiger charge is 2.12. The van der Waals surface area contributed by atoms with E-state index in [4.69, 9.17) is 9.37 Å². The molecular formula is C15H21N7O2. The van der Waals surface area contributed by atoms with Crippen LogP contribution in [0.15, 0.2) is 16.8 Å². The topological polar surface area (TPSA) is 95.8 Å². The van der Waals surface area contributed by atoms with E-state index in [-0.39, 0.29) is 0 Å². The molecule has 0 saturated carbocycles. The number of rotatable bonds is 7. The summed E-state index contributed by atoms with van der Waals surface area (Å²) < 4.78 is 14.1. The van der Waals surface area contributed by atoms with Crippen molar-refractivity contribution in [2.45, 2.75) is 40.9 Å². The second kappa shape index (κ2) is 6.73. The fraction of sp³-hybridized carbons (Fsp3) is 0.467. The third-order valence-corrected chi connectivity index (χ3v) is 3.60. The van der Waals surface area contributed by atoms with E-state index in [1.807, 2.05) is 49.2 Å². The summed E-state index contributed by atoms with van der Waals surface area (Å²) in [4.78, 5) is 0. The van der Waals surface area contributed by atoms with Crippen LogP contribution >= 0.6 is 0 Å². The third-order valence-electron chi connectivity index (χ3n) is 3.60. The van der Waals surface area contributed by atoms with E-state index >= 15 is 0 Å². The average molecular weight is 331 g/mol. The number of hydrogen-bond donors (Lipinski definition) is 1. The molecule has 3 heterocycles. The molecule has 0 aromatic carbocycles. The largest absolute Gasteiger partial charge is 0.471 e. The minimum Gasteiger partial charge on any atom is -0.471 e. The van der Waals surface area contributed by atoms with E-state index in [0.29, 0.717) is 31.5 Å². The molecule has 0 aliphatic rings. The van der Waals surface area contributed by atoms with Gasteiger partial charge in [-0.15, -0.1) is 0 Å². The van der Waals surface area contributed by atoms with Gasteiger partial charge in [-0.05, 0) is 50.1 Å². The highest BCUT2D eigenvalue weighted by atomic mass is 16.6. The molecular weight excluding hydrogens is 310 g/mol. The monoisotopic (exact) mass is 331 g/mol. The van der Waals surface area contributed by atoms with Crippen LogP contribution in [0.5, 0.6) is 5.88 Å². The average Bonchev–Trinajstić information content (AvgIpc) is 3.18. The molecule has 0 unspecified atom stereocenters. The van der Waals surface area contributed by atoms with Gasteiger partial charge >= 0.3 is 5.88 Å². The van der Waals surface area contributed by atoms with Gasteiger partial charge in [-0.3, -0.25) is 9.36 Å². The van der Waals surface area contributed by atoms with Crippen molar-refractivity contribution in [1.82, 2.24) is 29.9 Å². The van der Waals surface area contributed by atoms with Crippen molar-refractivity contribution in [3.63, 3.8) is 0 Å². The molecule has 3 aromatic rings. The van der Waals surface area contributed by atoms with Gasteiger partial charge in [0.1, 0.15) is 13.3 Å². The molecule has 0 spiro atoms. The number of nitrogens with zero attached hydrogens (tertiary/aromatic N) is 6. The Bertz CT molecular complexity index is 818. The van der Waals surface area contributed by atoms with Crippen molar-refractivity contribution in [2.24, 2.45) is 0 Å². The maximum atomic E-state index is 5.65. The third kappa shape index (κ3) is 3.55. The Morgan fingerprint density at radius 2 is 1.67 bits per heavy atom. The lowest BCUT2D eigenvalue weighted by atomic mass is 10.4. The van der Waals surface area contributed by atoms with Gasteiger partial charge in [0.05, 0.1) is 17.9 Å². The molecule has 9 nitrogen and oxygen atoms in total. The Morgan fingerprint density at radius 3 is 2.29 bits per heavy atom. The molecule has 3 aromatic heterocycles. The summed E-state index contributed by atoms with van der Waals surface area (Å²) in [5, 5.41) is 19.5. The number of nitrogens with one attached hydrogen (secondary N) is 1. The van der Waals surface area contributed by atoms with Crippen molar-refractivity contribution in [3.05, 3.63) is 34.9 Å². The van der Waals surface area contributed by atoms with E-state index in [1.165, 1.54) is 0 Å². The van der Waals surface area contributed by atoms with Crippen molar-refractivity contribution >= 4 is 5.82 Å². The summed E-state index contributed by atoms with van der Waals surface area (Å²) in [5.41, 5.74) is 4.11. The first-order valence-electron chi connectivity index (χ1n) is 7.74. The molecule has 24 heavy (non-hydrogen) atoms.